The van der Waals surface area contributed by atoms with Crippen LogP contribution >= 0.6 is 0 Å². The molecule has 0 bridgehead atoms. The van der Waals surface area contributed by atoms with Crippen molar-refractivity contribution in [2.75, 3.05) is 13.2 Å². The van der Waals surface area contributed by atoms with Crippen molar-refractivity contribution < 1.29 is 19.1 Å². The number of ether oxygens (including phenoxy) is 2. The maximum Gasteiger partial charge on any atom is 0.307 e. The molecule has 0 spiro atoms. The van der Waals surface area contributed by atoms with Crippen LogP contribution in [0.5, 0.6) is 0 Å². The molecule has 0 saturated carbocycles. The van der Waals surface area contributed by atoms with Gasteiger partial charge >= 0.3 is 5.97 Å². The summed E-state index contributed by atoms with van der Waals surface area (Å²) in [6.45, 7) is 4.58. The van der Waals surface area contributed by atoms with Crippen LogP contribution in [0.15, 0.2) is 41.7 Å². The van der Waals surface area contributed by atoms with E-state index in [0.29, 0.717) is 25.2 Å². The highest BCUT2D eigenvalue weighted by atomic mass is 16.5. The van der Waals surface area contributed by atoms with Gasteiger partial charge in [-0.1, -0.05) is 62.9 Å². The summed E-state index contributed by atoms with van der Waals surface area (Å²) in [6.07, 6.45) is 6.88. The fraction of sp³-hybridized carbons (Fsp3) is 0.545. The summed E-state index contributed by atoms with van der Waals surface area (Å²) in [4.78, 5) is 24.1. The highest BCUT2D eigenvalue weighted by Crippen LogP contribution is 2.30. The second-order valence-corrected chi connectivity index (χ2v) is 6.91. The van der Waals surface area contributed by atoms with E-state index < -0.39 is 0 Å². The number of ketones is 1. The SMILES string of the molecule is CCCCCCC/C(OC(C)=O)=C1/COCC1CC(=O)c1ccccc1. The van der Waals surface area contributed by atoms with Gasteiger partial charge in [-0.2, -0.15) is 0 Å². The van der Waals surface area contributed by atoms with Crippen LogP contribution in [-0.4, -0.2) is 25.0 Å². The van der Waals surface area contributed by atoms with Gasteiger partial charge in [-0.15, -0.1) is 0 Å². The summed E-state index contributed by atoms with van der Waals surface area (Å²) in [5.74, 6) is 0.509. The quantitative estimate of drug-likeness (QED) is 0.253. The Morgan fingerprint density at radius 1 is 1.12 bits per heavy atom. The molecule has 1 fully saturated rings. The highest BCUT2D eigenvalue weighted by molar-refractivity contribution is 5.96. The first-order chi connectivity index (χ1) is 12.6. The number of allylic oxidation sites excluding steroid dienone is 1. The van der Waals surface area contributed by atoms with Gasteiger partial charge in [0.15, 0.2) is 5.78 Å². The van der Waals surface area contributed by atoms with Crippen molar-refractivity contribution in [2.45, 2.75) is 58.8 Å². The van der Waals surface area contributed by atoms with Gasteiger partial charge in [0.1, 0.15) is 5.76 Å². The van der Waals surface area contributed by atoms with Crippen molar-refractivity contribution in [2.24, 2.45) is 5.92 Å². The fourth-order valence-corrected chi connectivity index (χ4v) is 3.33. The molecule has 1 heterocycles. The minimum Gasteiger partial charge on any atom is -0.431 e. The van der Waals surface area contributed by atoms with Crippen LogP contribution in [0.3, 0.4) is 0 Å². The van der Waals surface area contributed by atoms with Crippen molar-refractivity contribution >= 4 is 11.8 Å². The Morgan fingerprint density at radius 2 is 1.85 bits per heavy atom. The number of carbonyl (C=O) groups is 2. The van der Waals surface area contributed by atoms with Gasteiger partial charge < -0.3 is 9.47 Å². The van der Waals surface area contributed by atoms with E-state index in [1.54, 1.807) is 0 Å². The lowest BCUT2D eigenvalue weighted by molar-refractivity contribution is -0.137. The van der Waals surface area contributed by atoms with E-state index in [0.717, 1.165) is 30.6 Å². The molecule has 0 radical (unpaired) electrons. The van der Waals surface area contributed by atoms with Gasteiger partial charge in [-0.3, -0.25) is 9.59 Å². The number of hydrogen-bond donors (Lipinski definition) is 0. The average molecular weight is 358 g/mol. The van der Waals surface area contributed by atoms with Crippen LogP contribution in [0, 0.1) is 5.92 Å². The van der Waals surface area contributed by atoms with E-state index >= 15 is 0 Å². The first kappa shape index (κ1) is 20.4. The lowest BCUT2D eigenvalue weighted by Crippen LogP contribution is -2.14. The maximum absolute atomic E-state index is 12.5. The van der Waals surface area contributed by atoms with Gasteiger partial charge in [0, 0.05) is 31.2 Å². The monoisotopic (exact) mass is 358 g/mol. The molecule has 0 aliphatic carbocycles. The third-order valence-electron chi connectivity index (χ3n) is 4.73. The standard InChI is InChI=1S/C22H30O4/c1-3-4-5-6-10-13-22(26-17(2)23)20-16-25-15-19(20)14-21(24)18-11-8-7-9-12-18/h7-9,11-12,19H,3-6,10,13-16H2,1-2H3/b22-20+. The Labute approximate surface area is 156 Å². The van der Waals surface area contributed by atoms with Crippen molar-refractivity contribution in [1.29, 1.82) is 0 Å². The lowest BCUT2D eigenvalue weighted by atomic mass is 9.92. The minimum absolute atomic E-state index is 0.00676. The lowest BCUT2D eigenvalue weighted by Gasteiger charge is -2.15. The third-order valence-corrected chi connectivity index (χ3v) is 4.73. The van der Waals surface area contributed by atoms with Crippen LogP contribution in [0.4, 0.5) is 0 Å². The molecule has 0 N–H and O–H groups in total. The second-order valence-electron chi connectivity index (χ2n) is 6.91. The molecular formula is C22H30O4. The van der Waals surface area contributed by atoms with Crippen LogP contribution in [0.2, 0.25) is 0 Å². The number of benzene rings is 1. The largest absolute Gasteiger partial charge is 0.431 e. The van der Waals surface area contributed by atoms with Crippen LogP contribution < -0.4 is 0 Å². The molecular weight excluding hydrogens is 328 g/mol. The highest BCUT2D eigenvalue weighted by Gasteiger charge is 2.29. The van der Waals surface area contributed by atoms with Crippen LogP contribution in [0.1, 0.15) is 69.2 Å². The van der Waals surface area contributed by atoms with Crippen molar-refractivity contribution in [1.82, 2.24) is 0 Å². The van der Waals surface area contributed by atoms with E-state index in [9.17, 15) is 9.59 Å². The molecule has 1 aromatic rings. The fourth-order valence-electron chi connectivity index (χ4n) is 3.33. The smallest absolute Gasteiger partial charge is 0.307 e. The molecule has 26 heavy (non-hydrogen) atoms. The predicted molar refractivity (Wildman–Crippen MR) is 102 cm³/mol. The van der Waals surface area contributed by atoms with E-state index in [1.165, 1.54) is 26.2 Å². The molecule has 0 aromatic heterocycles. The zero-order valence-electron chi connectivity index (χ0n) is 16.0. The molecule has 1 atom stereocenters. The van der Waals surface area contributed by atoms with Crippen molar-refractivity contribution in [3.63, 3.8) is 0 Å². The Morgan fingerprint density at radius 3 is 2.54 bits per heavy atom. The molecule has 0 amide bonds. The molecule has 1 saturated heterocycles. The summed E-state index contributed by atoms with van der Waals surface area (Å²) in [6, 6.07) is 9.31. The molecule has 1 aromatic carbocycles. The third kappa shape index (κ3) is 6.41. The molecule has 4 heteroatoms. The number of carbonyl (C=O) groups excluding carboxylic acids is 2. The summed E-state index contributed by atoms with van der Waals surface area (Å²) in [7, 11) is 0. The van der Waals surface area contributed by atoms with Crippen LogP contribution in [0.25, 0.3) is 0 Å². The Balaban J connectivity index is 2.04. The molecule has 142 valence electrons. The molecule has 4 nitrogen and oxygen atoms in total. The first-order valence-corrected chi connectivity index (χ1v) is 9.68. The van der Waals surface area contributed by atoms with Gasteiger partial charge in [0.25, 0.3) is 0 Å². The number of esters is 1. The van der Waals surface area contributed by atoms with Gasteiger partial charge in [-0.25, -0.2) is 0 Å². The minimum atomic E-state index is -0.305. The molecule has 1 aliphatic rings. The number of unbranched alkanes of at least 4 members (excludes halogenated alkanes) is 4. The van der Waals surface area contributed by atoms with E-state index in [2.05, 4.69) is 6.92 Å². The first-order valence-electron chi connectivity index (χ1n) is 9.68. The number of rotatable bonds is 10. The van der Waals surface area contributed by atoms with Gasteiger partial charge in [-0.05, 0) is 12.0 Å². The van der Waals surface area contributed by atoms with Gasteiger partial charge in [0.05, 0.1) is 13.2 Å². The summed E-state index contributed by atoms with van der Waals surface area (Å²) < 4.78 is 11.1. The summed E-state index contributed by atoms with van der Waals surface area (Å²) in [5, 5.41) is 0. The Bertz CT molecular complexity index is 618. The van der Waals surface area contributed by atoms with Crippen molar-refractivity contribution in [3.8, 4) is 0 Å². The summed E-state index contributed by atoms with van der Waals surface area (Å²) in [5.41, 5.74) is 1.70. The number of Topliss-reactive ketones (excluding diaryl/α,β-unsaturated/α-hetero) is 1. The van der Waals surface area contributed by atoms with E-state index in [1.807, 2.05) is 30.3 Å². The zero-order chi connectivity index (χ0) is 18.8. The molecule has 1 unspecified atom stereocenters. The van der Waals surface area contributed by atoms with Gasteiger partial charge in [0.2, 0.25) is 0 Å². The van der Waals surface area contributed by atoms with Crippen LogP contribution in [-0.2, 0) is 14.3 Å². The average Bonchev–Trinajstić information content (AvgIpc) is 3.09. The maximum atomic E-state index is 12.5. The second kappa shape index (κ2) is 10.9. The molecule has 2 rings (SSSR count). The van der Waals surface area contributed by atoms with E-state index in [4.69, 9.17) is 9.47 Å². The predicted octanol–water partition coefficient (Wildman–Crippen LogP) is 5.08. The summed E-state index contributed by atoms with van der Waals surface area (Å²) >= 11 is 0. The Hall–Kier alpha value is -1.94. The van der Waals surface area contributed by atoms with E-state index in [-0.39, 0.29) is 17.7 Å². The topological polar surface area (TPSA) is 52.6 Å². The van der Waals surface area contributed by atoms with Crippen molar-refractivity contribution in [3.05, 3.63) is 47.2 Å². The normalized spacial score (nSPS) is 18.6. The Kier molecular flexibility index (Phi) is 8.56. The zero-order valence-corrected chi connectivity index (χ0v) is 16.0. The molecule has 1 aliphatic heterocycles. The number of hydrogen-bond acceptors (Lipinski definition) is 4.